The summed E-state index contributed by atoms with van der Waals surface area (Å²) in [5.41, 5.74) is 0.728. The minimum absolute atomic E-state index is 0.0404. The van der Waals surface area contributed by atoms with Gasteiger partial charge < -0.3 is 5.11 Å². The molecular formula is C14H17N3O3S. The first-order valence-corrected chi connectivity index (χ1v) is 8.18. The van der Waals surface area contributed by atoms with Gasteiger partial charge in [-0.1, -0.05) is 24.3 Å². The first-order valence-electron chi connectivity index (χ1n) is 6.70. The number of benzene rings is 1. The second-order valence-electron chi connectivity index (χ2n) is 5.36. The molecule has 6 nitrogen and oxygen atoms in total. The summed E-state index contributed by atoms with van der Waals surface area (Å²) in [7, 11) is -2.01. The second kappa shape index (κ2) is 4.94. The lowest BCUT2D eigenvalue weighted by Gasteiger charge is -2.24. The fourth-order valence-corrected chi connectivity index (χ4v) is 3.76. The fraction of sp³-hybridized carbons (Fsp3) is 0.357. The van der Waals surface area contributed by atoms with Crippen LogP contribution in [0.4, 0.5) is 0 Å². The maximum atomic E-state index is 12.2. The van der Waals surface area contributed by atoms with Crippen LogP contribution in [0, 0.1) is 0 Å². The molecule has 1 aromatic heterocycles. The molecule has 0 amide bonds. The van der Waals surface area contributed by atoms with Crippen LogP contribution in [0.15, 0.2) is 41.6 Å². The van der Waals surface area contributed by atoms with E-state index in [2.05, 4.69) is 9.82 Å². The fourth-order valence-electron chi connectivity index (χ4n) is 2.69. The predicted octanol–water partition coefficient (Wildman–Crippen LogP) is 0.532. The van der Waals surface area contributed by atoms with E-state index in [1.807, 2.05) is 24.3 Å². The molecule has 0 aliphatic heterocycles. The van der Waals surface area contributed by atoms with Crippen LogP contribution in [-0.2, 0) is 29.1 Å². The summed E-state index contributed by atoms with van der Waals surface area (Å²) in [6.45, 7) is -0.0404. The van der Waals surface area contributed by atoms with Crippen molar-refractivity contribution >= 4 is 10.0 Å². The summed E-state index contributed by atoms with van der Waals surface area (Å²) in [6.07, 6.45) is 3.98. The average Bonchev–Trinajstić information content (AvgIpc) is 3.04. The van der Waals surface area contributed by atoms with Gasteiger partial charge in [0.2, 0.25) is 10.0 Å². The van der Waals surface area contributed by atoms with Crippen LogP contribution in [0.3, 0.4) is 0 Å². The summed E-state index contributed by atoms with van der Waals surface area (Å²) in [5.74, 6) is 0. The van der Waals surface area contributed by atoms with Gasteiger partial charge in [0.1, 0.15) is 10.5 Å². The van der Waals surface area contributed by atoms with Crippen LogP contribution in [-0.4, -0.2) is 29.8 Å². The predicted molar refractivity (Wildman–Crippen MR) is 77.1 cm³/mol. The highest BCUT2D eigenvalue weighted by atomic mass is 32.2. The van der Waals surface area contributed by atoms with E-state index in [-0.39, 0.29) is 11.4 Å². The van der Waals surface area contributed by atoms with Gasteiger partial charge in [-0.15, -0.1) is 0 Å². The molecule has 0 spiro atoms. The Morgan fingerprint density at radius 3 is 2.90 bits per heavy atom. The highest BCUT2D eigenvalue weighted by Crippen LogP contribution is 2.36. The minimum Gasteiger partial charge on any atom is -0.384 e. The van der Waals surface area contributed by atoms with Gasteiger partial charge >= 0.3 is 0 Å². The zero-order chi connectivity index (χ0) is 15.1. The Bertz CT molecular complexity index is 769. The monoisotopic (exact) mass is 307 g/mol. The van der Waals surface area contributed by atoms with Crippen LogP contribution < -0.4 is 4.72 Å². The minimum atomic E-state index is -3.66. The highest BCUT2D eigenvalue weighted by molar-refractivity contribution is 7.89. The molecule has 2 N–H and O–H groups in total. The lowest BCUT2D eigenvalue weighted by Crippen LogP contribution is -2.39. The van der Waals surface area contributed by atoms with Crippen LogP contribution in [0.25, 0.3) is 0 Å². The molecule has 1 aliphatic carbocycles. The number of hydrogen-bond acceptors (Lipinski definition) is 4. The molecule has 0 unspecified atom stereocenters. The van der Waals surface area contributed by atoms with Crippen molar-refractivity contribution < 1.29 is 13.5 Å². The average molecular weight is 307 g/mol. The normalized spacial score (nSPS) is 21.4. The van der Waals surface area contributed by atoms with Crippen LogP contribution >= 0.6 is 0 Å². The summed E-state index contributed by atoms with van der Waals surface area (Å²) < 4.78 is 28.3. The van der Waals surface area contributed by atoms with E-state index in [1.54, 1.807) is 7.05 Å². The number of hydrogen-bond donors (Lipinski definition) is 2. The van der Waals surface area contributed by atoms with E-state index < -0.39 is 15.6 Å². The zero-order valence-electron chi connectivity index (χ0n) is 11.7. The van der Waals surface area contributed by atoms with Gasteiger partial charge in [-0.25, -0.2) is 13.1 Å². The van der Waals surface area contributed by atoms with Crippen molar-refractivity contribution in [3.63, 3.8) is 0 Å². The Morgan fingerprint density at radius 2 is 2.19 bits per heavy atom. The van der Waals surface area contributed by atoms with Crippen LogP contribution in [0.1, 0.15) is 17.5 Å². The second-order valence-corrected chi connectivity index (χ2v) is 7.13. The van der Waals surface area contributed by atoms with Gasteiger partial charge in [0.25, 0.3) is 0 Å². The molecule has 1 aromatic carbocycles. The molecule has 0 saturated heterocycles. The molecule has 7 heteroatoms. The van der Waals surface area contributed by atoms with Crippen molar-refractivity contribution in [1.82, 2.24) is 14.5 Å². The number of rotatable bonds is 4. The van der Waals surface area contributed by atoms with Crippen molar-refractivity contribution in [1.29, 1.82) is 0 Å². The third-order valence-corrected chi connectivity index (χ3v) is 5.23. The van der Waals surface area contributed by atoms with E-state index >= 15 is 0 Å². The Morgan fingerprint density at radius 1 is 1.43 bits per heavy atom. The molecule has 0 bridgehead atoms. The number of aliphatic hydroxyl groups is 1. The topological polar surface area (TPSA) is 84.2 Å². The molecule has 0 fully saturated rings. The summed E-state index contributed by atoms with van der Waals surface area (Å²) in [6, 6.07) is 7.58. The molecule has 2 aromatic rings. The summed E-state index contributed by atoms with van der Waals surface area (Å²) >= 11 is 0. The summed E-state index contributed by atoms with van der Waals surface area (Å²) in [4.78, 5) is 0.0971. The van der Waals surface area contributed by atoms with Crippen molar-refractivity contribution in [2.75, 3.05) is 6.54 Å². The molecular weight excluding hydrogens is 290 g/mol. The number of aromatic nitrogens is 2. The lowest BCUT2D eigenvalue weighted by atomic mass is 9.96. The standard InChI is InChI=1S/C14H17N3O3S/c1-17-9-12(8-15-17)21(19,20)16-10-14(18)7-6-11-4-2-3-5-13(11)14/h2-5,8-9,16,18H,6-7,10H2,1H3/t14-/m1/s1. The van der Waals surface area contributed by atoms with Gasteiger partial charge in [0.05, 0.1) is 6.20 Å². The Hall–Kier alpha value is -1.70. The molecule has 0 saturated carbocycles. The van der Waals surface area contributed by atoms with Crippen molar-refractivity contribution in [2.45, 2.75) is 23.3 Å². The number of nitrogens with zero attached hydrogens (tertiary/aromatic N) is 2. The Balaban J connectivity index is 1.79. The maximum Gasteiger partial charge on any atom is 0.243 e. The largest absolute Gasteiger partial charge is 0.384 e. The number of fused-ring (bicyclic) bond motifs is 1. The Labute approximate surface area is 123 Å². The number of aryl methyl sites for hydroxylation is 2. The molecule has 21 heavy (non-hydrogen) atoms. The quantitative estimate of drug-likeness (QED) is 0.863. The van der Waals surface area contributed by atoms with Gasteiger partial charge in [0, 0.05) is 19.8 Å². The third-order valence-electron chi connectivity index (χ3n) is 3.87. The van der Waals surface area contributed by atoms with Gasteiger partial charge in [0.15, 0.2) is 0 Å². The first kappa shape index (κ1) is 14.2. The molecule has 0 radical (unpaired) electrons. The van der Waals surface area contributed by atoms with Crippen LogP contribution in [0.5, 0.6) is 0 Å². The highest BCUT2D eigenvalue weighted by Gasteiger charge is 2.37. The molecule has 112 valence electrons. The van der Waals surface area contributed by atoms with Crippen molar-refractivity contribution in [3.05, 3.63) is 47.8 Å². The smallest absolute Gasteiger partial charge is 0.243 e. The number of sulfonamides is 1. The van der Waals surface area contributed by atoms with Crippen molar-refractivity contribution in [2.24, 2.45) is 7.05 Å². The Kier molecular flexibility index (Phi) is 3.35. The lowest BCUT2D eigenvalue weighted by molar-refractivity contribution is 0.0442. The van der Waals surface area contributed by atoms with Gasteiger partial charge in [-0.3, -0.25) is 4.68 Å². The first-order chi connectivity index (χ1) is 9.91. The maximum absolute atomic E-state index is 12.2. The molecule has 1 aliphatic rings. The van der Waals surface area contributed by atoms with E-state index in [0.29, 0.717) is 6.42 Å². The van der Waals surface area contributed by atoms with E-state index in [4.69, 9.17) is 0 Å². The zero-order valence-corrected chi connectivity index (χ0v) is 12.5. The number of nitrogens with one attached hydrogen (secondary N) is 1. The van der Waals surface area contributed by atoms with Crippen LogP contribution in [0.2, 0.25) is 0 Å². The van der Waals surface area contributed by atoms with E-state index in [0.717, 1.165) is 17.5 Å². The molecule has 1 heterocycles. The van der Waals surface area contributed by atoms with Gasteiger partial charge in [-0.05, 0) is 24.0 Å². The van der Waals surface area contributed by atoms with Crippen molar-refractivity contribution in [3.8, 4) is 0 Å². The molecule has 1 atom stereocenters. The van der Waals surface area contributed by atoms with E-state index in [9.17, 15) is 13.5 Å². The SMILES string of the molecule is Cn1cc(S(=O)(=O)NC[C@]2(O)CCc3ccccc32)cn1. The third kappa shape index (κ3) is 2.59. The summed E-state index contributed by atoms with van der Waals surface area (Å²) in [5, 5.41) is 14.6. The van der Waals surface area contributed by atoms with E-state index in [1.165, 1.54) is 17.1 Å². The molecule has 3 rings (SSSR count). The van der Waals surface area contributed by atoms with Gasteiger partial charge in [-0.2, -0.15) is 5.10 Å².